The summed E-state index contributed by atoms with van der Waals surface area (Å²) in [5.74, 6) is 0.596. The second-order valence-corrected chi connectivity index (χ2v) is 4.39. The summed E-state index contributed by atoms with van der Waals surface area (Å²) in [6, 6.07) is 0. The summed E-state index contributed by atoms with van der Waals surface area (Å²) in [5.41, 5.74) is 2.28. The first-order valence-corrected chi connectivity index (χ1v) is 5.04. The quantitative estimate of drug-likeness (QED) is 0.720. The molecule has 2 rings (SSSR count). The molecule has 0 spiro atoms. The SMILES string of the molecule is CC(C)C1(C)C=Cc2nc[nH]c2C=C1. The lowest BCUT2D eigenvalue weighted by Gasteiger charge is -2.25. The minimum absolute atomic E-state index is 0.140. The molecule has 1 aromatic rings. The smallest absolute Gasteiger partial charge is 0.0931 e. The van der Waals surface area contributed by atoms with E-state index in [1.54, 1.807) is 6.33 Å². The van der Waals surface area contributed by atoms with Gasteiger partial charge in [0, 0.05) is 5.41 Å². The van der Waals surface area contributed by atoms with Crippen LogP contribution < -0.4 is 0 Å². The molecule has 1 unspecified atom stereocenters. The van der Waals surface area contributed by atoms with Gasteiger partial charge in [-0.25, -0.2) is 4.98 Å². The van der Waals surface area contributed by atoms with Gasteiger partial charge in [0.05, 0.1) is 17.7 Å². The van der Waals surface area contributed by atoms with E-state index in [0.29, 0.717) is 5.92 Å². The van der Waals surface area contributed by atoms with E-state index in [-0.39, 0.29) is 5.41 Å². The van der Waals surface area contributed by atoms with E-state index < -0.39 is 0 Å². The van der Waals surface area contributed by atoms with Crippen molar-refractivity contribution in [3.63, 3.8) is 0 Å². The fourth-order valence-corrected chi connectivity index (χ4v) is 1.54. The summed E-state index contributed by atoms with van der Waals surface area (Å²) < 4.78 is 0. The maximum absolute atomic E-state index is 4.25. The van der Waals surface area contributed by atoms with Crippen molar-refractivity contribution in [2.45, 2.75) is 20.8 Å². The van der Waals surface area contributed by atoms with Crippen LogP contribution in [0.1, 0.15) is 32.2 Å². The van der Waals surface area contributed by atoms with Crippen molar-refractivity contribution in [3.05, 3.63) is 29.9 Å². The Labute approximate surface area is 84.8 Å². The molecule has 1 aliphatic rings. The number of hydrogen-bond donors (Lipinski definition) is 1. The average Bonchev–Trinajstić information content (AvgIpc) is 2.53. The van der Waals surface area contributed by atoms with Crippen molar-refractivity contribution in [1.29, 1.82) is 0 Å². The van der Waals surface area contributed by atoms with Gasteiger partial charge in [0.15, 0.2) is 0 Å². The van der Waals surface area contributed by atoms with Crippen molar-refractivity contribution in [2.75, 3.05) is 0 Å². The zero-order chi connectivity index (χ0) is 10.2. The fourth-order valence-electron chi connectivity index (χ4n) is 1.54. The van der Waals surface area contributed by atoms with Crippen LogP contribution in [0.25, 0.3) is 12.2 Å². The van der Waals surface area contributed by atoms with Crippen molar-refractivity contribution >= 4 is 12.2 Å². The molecule has 1 aliphatic carbocycles. The molecule has 0 fully saturated rings. The molecule has 74 valence electrons. The molecule has 0 bridgehead atoms. The van der Waals surface area contributed by atoms with E-state index in [0.717, 1.165) is 11.4 Å². The van der Waals surface area contributed by atoms with E-state index in [1.807, 2.05) is 0 Å². The topological polar surface area (TPSA) is 28.7 Å². The van der Waals surface area contributed by atoms with Gasteiger partial charge < -0.3 is 4.98 Å². The van der Waals surface area contributed by atoms with E-state index in [1.165, 1.54) is 0 Å². The number of imidazole rings is 1. The minimum atomic E-state index is 0.140. The molecule has 0 aromatic carbocycles. The molecule has 1 atom stereocenters. The van der Waals surface area contributed by atoms with E-state index in [9.17, 15) is 0 Å². The van der Waals surface area contributed by atoms with Crippen LogP contribution in [0.3, 0.4) is 0 Å². The first-order chi connectivity index (χ1) is 6.62. The van der Waals surface area contributed by atoms with E-state index in [4.69, 9.17) is 0 Å². The van der Waals surface area contributed by atoms with Gasteiger partial charge in [-0.1, -0.05) is 32.9 Å². The zero-order valence-corrected chi connectivity index (χ0v) is 8.91. The van der Waals surface area contributed by atoms with Crippen LogP contribution in [0, 0.1) is 11.3 Å². The lowest BCUT2D eigenvalue weighted by molar-refractivity contribution is 0.387. The van der Waals surface area contributed by atoms with Crippen LogP contribution in [0.2, 0.25) is 0 Å². The average molecular weight is 188 g/mol. The van der Waals surface area contributed by atoms with Gasteiger partial charge in [-0.2, -0.15) is 0 Å². The highest BCUT2D eigenvalue weighted by molar-refractivity contribution is 5.63. The van der Waals surface area contributed by atoms with Gasteiger partial charge in [-0.15, -0.1) is 0 Å². The predicted molar refractivity (Wildman–Crippen MR) is 59.6 cm³/mol. The third-order valence-electron chi connectivity index (χ3n) is 3.15. The molecule has 0 aliphatic heterocycles. The second-order valence-electron chi connectivity index (χ2n) is 4.39. The summed E-state index contributed by atoms with van der Waals surface area (Å²) in [6.45, 7) is 6.72. The molecule has 1 aromatic heterocycles. The Balaban J connectivity index is 2.42. The molecule has 2 nitrogen and oxygen atoms in total. The first-order valence-electron chi connectivity index (χ1n) is 5.04. The molecule has 2 heteroatoms. The third-order valence-corrected chi connectivity index (χ3v) is 3.15. The van der Waals surface area contributed by atoms with Gasteiger partial charge in [0.2, 0.25) is 0 Å². The van der Waals surface area contributed by atoms with Crippen LogP contribution >= 0.6 is 0 Å². The van der Waals surface area contributed by atoms with Gasteiger partial charge >= 0.3 is 0 Å². The summed E-state index contributed by atoms with van der Waals surface area (Å²) >= 11 is 0. The predicted octanol–water partition coefficient (Wildman–Crippen LogP) is 3.11. The van der Waals surface area contributed by atoms with Crippen molar-refractivity contribution in [2.24, 2.45) is 11.3 Å². The minimum Gasteiger partial charge on any atom is -0.345 e. The second kappa shape index (κ2) is 3.12. The Morgan fingerprint density at radius 3 is 2.71 bits per heavy atom. The third kappa shape index (κ3) is 1.41. The summed E-state index contributed by atoms with van der Waals surface area (Å²) in [5, 5.41) is 0. The normalized spacial score (nSPS) is 18.3. The van der Waals surface area contributed by atoms with Gasteiger partial charge in [-0.3, -0.25) is 0 Å². The zero-order valence-electron chi connectivity index (χ0n) is 8.91. The first kappa shape index (κ1) is 9.25. The molecule has 1 N–H and O–H groups in total. The largest absolute Gasteiger partial charge is 0.345 e. The highest BCUT2D eigenvalue weighted by Gasteiger charge is 2.23. The number of aromatic amines is 1. The Morgan fingerprint density at radius 2 is 2.00 bits per heavy atom. The van der Waals surface area contributed by atoms with Crippen LogP contribution in [0.4, 0.5) is 0 Å². The van der Waals surface area contributed by atoms with Crippen molar-refractivity contribution in [1.82, 2.24) is 9.97 Å². The number of fused-ring (bicyclic) bond motifs is 1. The maximum Gasteiger partial charge on any atom is 0.0931 e. The lowest BCUT2D eigenvalue weighted by atomic mass is 9.79. The molecular formula is C12H16N2. The Hall–Kier alpha value is -1.31. The van der Waals surface area contributed by atoms with E-state index >= 15 is 0 Å². The molecule has 14 heavy (non-hydrogen) atoms. The number of allylic oxidation sites excluding steroid dienone is 2. The molecule has 0 amide bonds. The number of H-pyrrole nitrogens is 1. The standard InChI is InChI=1S/C12H16N2/c1-9(2)12(3)6-4-10-11(5-7-12)14-8-13-10/h4-9H,1-3H3,(H,13,14). The highest BCUT2D eigenvalue weighted by Crippen LogP contribution is 2.34. The number of hydrogen-bond acceptors (Lipinski definition) is 1. The van der Waals surface area contributed by atoms with Crippen LogP contribution in [0.5, 0.6) is 0 Å². The summed E-state index contributed by atoms with van der Waals surface area (Å²) in [4.78, 5) is 7.37. The van der Waals surface area contributed by atoms with Crippen molar-refractivity contribution < 1.29 is 0 Å². The van der Waals surface area contributed by atoms with E-state index in [2.05, 4.69) is 55.0 Å². The van der Waals surface area contributed by atoms with Gasteiger partial charge in [-0.05, 0) is 18.1 Å². The van der Waals surface area contributed by atoms with Gasteiger partial charge in [0.25, 0.3) is 0 Å². The molecular weight excluding hydrogens is 172 g/mol. The maximum atomic E-state index is 4.25. The monoisotopic (exact) mass is 188 g/mol. The molecule has 0 saturated heterocycles. The lowest BCUT2D eigenvalue weighted by Crippen LogP contribution is -2.16. The Morgan fingerprint density at radius 1 is 1.29 bits per heavy atom. The molecule has 1 heterocycles. The Kier molecular flexibility index (Phi) is 2.06. The number of aromatic nitrogens is 2. The van der Waals surface area contributed by atoms with Crippen LogP contribution in [-0.4, -0.2) is 9.97 Å². The molecule has 0 radical (unpaired) electrons. The Bertz CT molecular complexity index is 354. The number of nitrogens with one attached hydrogen (secondary N) is 1. The van der Waals surface area contributed by atoms with Crippen LogP contribution in [-0.2, 0) is 0 Å². The number of nitrogens with zero attached hydrogens (tertiary/aromatic N) is 1. The van der Waals surface area contributed by atoms with Gasteiger partial charge in [0.1, 0.15) is 0 Å². The number of rotatable bonds is 1. The highest BCUT2D eigenvalue weighted by atomic mass is 14.9. The summed E-state index contributed by atoms with van der Waals surface area (Å²) in [6.07, 6.45) is 10.4. The van der Waals surface area contributed by atoms with Crippen molar-refractivity contribution in [3.8, 4) is 0 Å². The van der Waals surface area contributed by atoms with Crippen LogP contribution in [0.15, 0.2) is 18.5 Å². The molecule has 0 saturated carbocycles. The fraction of sp³-hybridized carbons (Fsp3) is 0.417. The summed E-state index contributed by atoms with van der Waals surface area (Å²) in [7, 11) is 0.